The summed E-state index contributed by atoms with van der Waals surface area (Å²) in [7, 11) is 0. The van der Waals surface area contributed by atoms with Crippen molar-refractivity contribution in [2.75, 3.05) is 6.54 Å². The molecule has 2 aliphatic rings. The standard InChI is InChI=1S/C24H29N3O3/c1-24(30)14-15-27(23(29)25-16-17-8-4-2-5-9-17)20(18-10-6-3-7-11-18)21(24)26-22(28)19-12-13-19/h2-11,19-21,30H,12-16H2,1H3,(H,25,29)(H,26,28). The lowest BCUT2D eigenvalue weighted by Gasteiger charge is -2.49. The van der Waals surface area contributed by atoms with Gasteiger partial charge in [0.05, 0.1) is 17.7 Å². The molecule has 6 nitrogen and oxygen atoms in total. The maximum atomic E-state index is 13.2. The van der Waals surface area contributed by atoms with Crippen LogP contribution in [-0.2, 0) is 11.3 Å². The lowest BCUT2D eigenvalue weighted by molar-refractivity contribution is -0.128. The molecule has 30 heavy (non-hydrogen) atoms. The van der Waals surface area contributed by atoms with Gasteiger partial charge in [-0.1, -0.05) is 60.7 Å². The fourth-order valence-corrected chi connectivity index (χ4v) is 4.14. The van der Waals surface area contributed by atoms with Crippen molar-refractivity contribution in [3.63, 3.8) is 0 Å². The number of carbonyl (C=O) groups is 2. The van der Waals surface area contributed by atoms with Crippen molar-refractivity contribution in [3.05, 3.63) is 71.8 Å². The Kier molecular flexibility index (Phi) is 5.77. The molecule has 3 unspecified atom stereocenters. The molecule has 0 radical (unpaired) electrons. The maximum Gasteiger partial charge on any atom is 0.318 e. The number of nitrogens with zero attached hydrogens (tertiary/aromatic N) is 1. The fourth-order valence-electron chi connectivity index (χ4n) is 4.14. The summed E-state index contributed by atoms with van der Waals surface area (Å²) >= 11 is 0. The molecule has 0 bridgehead atoms. The van der Waals surface area contributed by atoms with E-state index in [-0.39, 0.29) is 17.9 Å². The highest BCUT2D eigenvalue weighted by molar-refractivity contribution is 5.82. The van der Waals surface area contributed by atoms with E-state index in [0.29, 0.717) is 19.5 Å². The molecule has 3 amide bonds. The monoisotopic (exact) mass is 407 g/mol. The number of hydrogen-bond acceptors (Lipinski definition) is 3. The summed E-state index contributed by atoms with van der Waals surface area (Å²) in [5, 5.41) is 17.2. The lowest BCUT2D eigenvalue weighted by Crippen LogP contribution is -2.64. The first-order valence-corrected chi connectivity index (χ1v) is 10.6. The highest BCUT2D eigenvalue weighted by atomic mass is 16.3. The smallest absolute Gasteiger partial charge is 0.318 e. The van der Waals surface area contributed by atoms with Crippen LogP contribution in [0.4, 0.5) is 4.79 Å². The molecular formula is C24H29N3O3. The largest absolute Gasteiger partial charge is 0.388 e. The van der Waals surface area contributed by atoms with Crippen LogP contribution in [0.15, 0.2) is 60.7 Å². The first-order chi connectivity index (χ1) is 14.5. The molecule has 1 saturated heterocycles. The van der Waals surface area contributed by atoms with Gasteiger partial charge >= 0.3 is 6.03 Å². The molecule has 2 aromatic carbocycles. The topological polar surface area (TPSA) is 81.7 Å². The first-order valence-electron chi connectivity index (χ1n) is 10.6. The van der Waals surface area contributed by atoms with Gasteiger partial charge in [0, 0.05) is 19.0 Å². The highest BCUT2D eigenvalue weighted by Crippen LogP contribution is 2.38. The number of nitrogens with one attached hydrogen (secondary N) is 2. The number of rotatable bonds is 5. The first kappa shape index (κ1) is 20.4. The number of likely N-dealkylation sites (tertiary alicyclic amines) is 1. The van der Waals surface area contributed by atoms with Crippen LogP contribution < -0.4 is 10.6 Å². The van der Waals surface area contributed by atoms with Gasteiger partial charge in [0.15, 0.2) is 0 Å². The van der Waals surface area contributed by atoms with Gasteiger partial charge in [-0.25, -0.2) is 4.79 Å². The van der Waals surface area contributed by atoms with Gasteiger partial charge in [-0.05, 0) is 37.3 Å². The minimum atomic E-state index is -1.11. The van der Waals surface area contributed by atoms with Crippen LogP contribution in [0.25, 0.3) is 0 Å². The SMILES string of the molecule is CC1(O)CCN(C(=O)NCc2ccccc2)C(c2ccccc2)C1NC(=O)C1CC1. The van der Waals surface area contributed by atoms with Crippen molar-refractivity contribution in [2.45, 2.75) is 50.4 Å². The molecule has 1 aliphatic carbocycles. The Morgan fingerprint density at radius 1 is 1.07 bits per heavy atom. The van der Waals surface area contributed by atoms with Crippen molar-refractivity contribution in [2.24, 2.45) is 5.92 Å². The molecule has 2 aromatic rings. The zero-order chi connectivity index (χ0) is 21.1. The maximum absolute atomic E-state index is 13.2. The Labute approximate surface area is 177 Å². The average molecular weight is 408 g/mol. The quantitative estimate of drug-likeness (QED) is 0.713. The number of urea groups is 1. The minimum absolute atomic E-state index is 0.0273. The van der Waals surface area contributed by atoms with E-state index >= 15 is 0 Å². The van der Waals surface area contributed by atoms with Crippen LogP contribution in [0.1, 0.15) is 43.4 Å². The summed E-state index contributed by atoms with van der Waals surface area (Å²) in [6.45, 7) is 2.58. The molecule has 1 heterocycles. The summed E-state index contributed by atoms with van der Waals surface area (Å²) in [4.78, 5) is 27.5. The molecule has 1 aliphatic heterocycles. The molecule has 3 N–H and O–H groups in total. The third-order valence-corrected chi connectivity index (χ3v) is 6.11. The van der Waals surface area contributed by atoms with Crippen molar-refractivity contribution in [1.29, 1.82) is 0 Å². The third-order valence-electron chi connectivity index (χ3n) is 6.11. The van der Waals surface area contributed by atoms with Gasteiger partial charge in [0.2, 0.25) is 5.91 Å². The van der Waals surface area contributed by atoms with Crippen molar-refractivity contribution >= 4 is 11.9 Å². The Morgan fingerprint density at radius 3 is 2.33 bits per heavy atom. The van der Waals surface area contributed by atoms with Crippen molar-refractivity contribution < 1.29 is 14.7 Å². The molecule has 4 rings (SSSR count). The van der Waals surface area contributed by atoms with E-state index < -0.39 is 17.7 Å². The van der Waals surface area contributed by atoms with Gasteiger partial charge < -0.3 is 20.6 Å². The second-order valence-electron chi connectivity index (χ2n) is 8.56. The Bertz CT molecular complexity index is 881. The zero-order valence-electron chi connectivity index (χ0n) is 17.3. The third kappa shape index (κ3) is 4.49. The zero-order valence-corrected chi connectivity index (χ0v) is 17.3. The van der Waals surface area contributed by atoms with Crippen LogP contribution in [0.5, 0.6) is 0 Å². The highest BCUT2D eigenvalue weighted by Gasteiger charge is 2.48. The molecule has 0 spiro atoms. The Hall–Kier alpha value is -2.86. The lowest BCUT2D eigenvalue weighted by atomic mass is 9.79. The van der Waals surface area contributed by atoms with E-state index in [4.69, 9.17) is 0 Å². The number of aliphatic hydroxyl groups is 1. The molecule has 2 fully saturated rings. The minimum Gasteiger partial charge on any atom is -0.388 e. The summed E-state index contributed by atoms with van der Waals surface area (Å²) in [5.41, 5.74) is 0.805. The van der Waals surface area contributed by atoms with E-state index in [1.54, 1.807) is 11.8 Å². The van der Waals surface area contributed by atoms with Gasteiger partial charge in [-0.15, -0.1) is 0 Å². The van der Waals surface area contributed by atoms with Gasteiger partial charge in [-0.3, -0.25) is 4.79 Å². The predicted molar refractivity (Wildman–Crippen MR) is 114 cm³/mol. The Balaban J connectivity index is 1.59. The number of carbonyl (C=O) groups excluding carboxylic acids is 2. The molecule has 1 saturated carbocycles. The molecule has 0 aromatic heterocycles. The average Bonchev–Trinajstić information content (AvgIpc) is 3.60. The van der Waals surface area contributed by atoms with Crippen LogP contribution in [0.2, 0.25) is 0 Å². The predicted octanol–water partition coefficient (Wildman–Crippen LogP) is 2.99. The van der Waals surface area contributed by atoms with Crippen molar-refractivity contribution in [1.82, 2.24) is 15.5 Å². The van der Waals surface area contributed by atoms with E-state index in [1.165, 1.54) is 0 Å². The fraction of sp³-hybridized carbons (Fsp3) is 0.417. The van der Waals surface area contributed by atoms with Gasteiger partial charge in [0.1, 0.15) is 0 Å². The van der Waals surface area contributed by atoms with E-state index in [1.807, 2.05) is 60.7 Å². The van der Waals surface area contributed by atoms with Crippen molar-refractivity contribution in [3.8, 4) is 0 Å². The molecule has 158 valence electrons. The van der Waals surface area contributed by atoms with Gasteiger partial charge in [0.25, 0.3) is 0 Å². The van der Waals surface area contributed by atoms with Crippen LogP contribution in [-0.4, -0.2) is 40.1 Å². The number of piperidine rings is 1. The van der Waals surface area contributed by atoms with E-state index in [9.17, 15) is 14.7 Å². The number of amides is 3. The molecule has 3 atom stereocenters. The molecular weight excluding hydrogens is 378 g/mol. The second kappa shape index (κ2) is 8.48. The van der Waals surface area contributed by atoms with Crippen LogP contribution >= 0.6 is 0 Å². The van der Waals surface area contributed by atoms with E-state index in [2.05, 4.69) is 10.6 Å². The number of benzene rings is 2. The van der Waals surface area contributed by atoms with E-state index in [0.717, 1.165) is 24.0 Å². The summed E-state index contributed by atoms with van der Waals surface area (Å²) < 4.78 is 0. The van der Waals surface area contributed by atoms with Crippen LogP contribution in [0, 0.1) is 5.92 Å². The Morgan fingerprint density at radius 2 is 1.70 bits per heavy atom. The normalized spacial score (nSPS) is 26.1. The summed E-state index contributed by atoms with van der Waals surface area (Å²) in [6, 6.07) is 18.2. The van der Waals surface area contributed by atoms with Gasteiger partial charge in [-0.2, -0.15) is 0 Å². The van der Waals surface area contributed by atoms with Crippen LogP contribution in [0.3, 0.4) is 0 Å². The second-order valence-corrected chi connectivity index (χ2v) is 8.56. The molecule has 6 heteroatoms. The summed E-state index contributed by atoms with van der Waals surface area (Å²) in [5.74, 6) is -0.00717. The number of hydrogen-bond donors (Lipinski definition) is 3. The summed E-state index contributed by atoms with van der Waals surface area (Å²) in [6.07, 6.45) is 2.17.